The third-order valence-electron chi connectivity index (χ3n) is 6.63. The van der Waals surface area contributed by atoms with Crippen molar-refractivity contribution in [2.45, 2.75) is 63.7 Å². The molecule has 2 atom stereocenters. The van der Waals surface area contributed by atoms with Gasteiger partial charge >= 0.3 is 0 Å². The van der Waals surface area contributed by atoms with Crippen molar-refractivity contribution in [2.75, 3.05) is 31.7 Å². The van der Waals surface area contributed by atoms with Gasteiger partial charge in [-0.15, -0.1) is 12.4 Å². The molecule has 0 amide bonds. The Morgan fingerprint density at radius 3 is 2.18 bits per heavy atom. The number of anilines is 1. The van der Waals surface area contributed by atoms with Crippen LogP contribution in [0.25, 0.3) is 11.1 Å². The highest BCUT2D eigenvalue weighted by molar-refractivity contribution is 5.85. The average molecular weight is 476 g/mol. The van der Waals surface area contributed by atoms with Crippen molar-refractivity contribution >= 4 is 18.4 Å². The van der Waals surface area contributed by atoms with Gasteiger partial charge in [-0.2, -0.15) is 4.98 Å². The van der Waals surface area contributed by atoms with Crippen LogP contribution in [0.4, 0.5) is 5.95 Å². The van der Waals surface area contributed by atoms with Crippen LogP contribution in [0, 0.1) is 5.92 Å². The second-order valence-corrected chi connectivity index (χ2v) is 9.24. The van der Waals surface area contributed by atoms with E-state index in [1.54, 1.807) is 0 Å². The van der Waals surface area contributed by atoms with Crippen molar-refractivity contribution < 1.29 is 18.9 Å². The van der Waals surface area contributed by atoms with Crippen molar-refractivity contribution in [3.8, 4) is 22.8 Å². The smallest absolute Gasteiger partial charge is 0.226 e. The second kappa shape index (κ2) is 11.4. The Balaban J connectivity index is 0.00000259. The van der Waals surface area contributed by atoms with E-state index in [0.717, 1.165) is 61.7 Å². The Bertz CT molecular complexity index is 878. The molecule has 33 heavy (non-hydrogen) atoms. The second-order valence-electron chi connectivity index (χ2n) is 9.24. The normalized spacial score (nSPS) is 27.1. The Morgan fingerprint density at radius 1 is 0.879 bits per heavy atom. The molecule has 1 aliphatic carbocycles. The largest absolute Gasteiger partial charge is 0.488 e. The summed E-state index contributed by atoms with van der Waals surface area (Å²) in [7, 11) is 0. The molecule has 1 aromatic carbocycles. The van der Waals surface area contributed by atoms with E-state index >= 15 is 0 Å². The average Bonchev–Trinajstić information content (AvgIpc) is 3.51. The first kappa shape index (κ1) is 24.0. The van der Waals surface area contributed by atoms with Crippen molar-refractivity contribution in [1.29, 1.82) is 0 Å². The summed E-state index contributed by atoms with van der Waals surface area (Å²) in [5, 5.41) is 3.53. The van der Waals surface area contributed by atoms with Gasteiger partial charge in [0.2, 0.25) is 11.8 Å². The monoisotopic (exact) mass is 475 g/mol. The summed E-state index contributed by atoms with van der Waals surface area (Å²) in [6, 6.07) is 8.49. The molecule has 180 valence electrons. The molecule has 2 aliphatic heterocycles. The lowest BCUT2D eigenvalue weighted by molar-refractivity contribution is 0.138. The number of nitrogens with zero attached hydrogens (tertiary/aromatic N) is 2. The van der Waals surface area contributed by atoms with Gasteiger partial charge in [0, 0.05) is 25.1 Å². The van der Waals surface area contributed by atoms with Crippen LogP contribution in [-0.4, -0.2) is 54.6 Å². The van der Waals surface area contributed by atoms with E-state index in [1.165, 1.54) is 12.8 Å². The molecule has 2 saturated heterocycles. The first-order valence-corrected chi connectivity index (χ1v) is 12.0. The minimum atomic E-state index is 0. The minimum Gasteiger partial charge on any atom is -0.488 e. The third-order valence-corrected chi connectivity index (χ3v) is 6.63. The van der Waals surface area contributed by atoms with Gasteiger partial charge in [-0.05, 0) is 49.3 Å². The topological polar surface area (TPSA) is 74.7 Å². The quantitative estimate of drug-likeness (QED) is 0.610. The number of hydrogen-bond donors (Lipinski definition) is 1. The van der Waals surface area contributed by atoms with E-state index in [2.05, 4.69) is 17.2 Å². The summed E-state index contributed by atoms with van der Waals surface area (Å²) in [6.07, 6.45) is 8.66. The summed E-state index contributed by atoms with van der Waals surface area (Å²) in [5.74, 6) is 2.91. The van der Waals surface area contributed by atoms with E-state index in [-0.39, 0.29) is 24.6 Å². The fraction of sp³-hybridized carbons (Fsp3) is 0.600. The third kappa shape index (κ3) is 6.28. The van der Waals surface area contributed by atoms with Crippen molar-refractivity contribution in [1.82, 2.24) is 9.97 Å². The molecule has 0 unspecified atom stereocenters. The van der Waals surface area contributed by atoms with Crippen LogP contribution in [0.3, 0.4) is 0 Å². The summed E-state index contributed by atoms with van der Waals surface area (Å²) >= 11 is 0. The lowest BCUT2D eigenvalue weighted by Crippen LogP contribution is -2.26. The van der Waals surface area contributed by atoms with E-state index in [1.807, 2.05) is 30.5 Å². The highest BCUT2D eigenvalue weighted by atomic mass is 35.5. The molecule has 5 rings (SSSR count). The van der Waals surface area contributed by atoms with Gasteiger partial charge in [-0.1, -0.05) is 19.1 Å². The highest BCUT2D eigenvalue weighted by Gasteiger charge is 2.23. The van der Waals surface area contributed by atoms with Crippen LogP contribution in [0.1, 0.15) is 45.4 Å². The molecule has 8 heteroatoms. The molecule has 1 saturated carbocycles. The molecule has 0 spiro atoms. The predicted molar refractivity (Wildman–Crippen MR) is 129 cm³/mol. The first-order chi connectivity index (χ1) is 15.7. The van der Waals surface area contributed by atoms with Crippen LogP contribution in [0.2, 0.25) is 0 Å². The molecule has 0 bridgehead atoms. The van der Waals surface area contributed by atoms with Gasteiger partial charge in [0.25, 0.3) is 0 Å². The maximum absolute atomic E-state index is 6.28. The Kier molecular flexibility index (Phi) is 8.28. The number of benzene rings is 1. The molecule has 3 fully saturated rings. The molecule has 3 heterocycles. The number of halogens is 1. The lowest BCUT2D eigenvalue weighted by atomic mass is 9.87. The highest BCUT2D eigenvalue weighted by Crippen LogP contribution is 2.33. The SMILES string of the molecule is CC1CCC(Nc2ncc(-c3ccc(O[C@@H]4CCOC4)cc3)c(O[C@@H]3CCOC3)n2)CC1.Cl. The molecule has 3 aliphatic rings. The van der Waals surface area contributed by atoms with Crippen LogP contribution >= 0.6 is 12.4 Å². The fourth-order valence-corrected chi connectivity index (χ4v) is 4.59. The fourth-order valence-electron chi connectivity index (χ4n) is 4.59. The van der Waals surface area contributed by atoms with Gasteiger partial charge in [0.1, 0.15) is 18.0 Å². The summed E-state index contributed by atoms with van der Waals surface area (Å²) in [5.41, 5.74) is 1.89. The van der Waals surface area contributed by atoms with Crippen LogP contribution in [0.5, 0.6) is 11.6 Å². The molecular formula is C25H34ClN3O4. The summed E-state index contributed by atoms with van der Waals surface area (Å²) in [6.45, 7) is 5.09. The Morgan fingerprint density at radius 2 is 1.55 bits per heavy atom. The summed E-state index contributed by atoms with van der Waals surface area (Å²) < 4.78 is 23.2. The minimum absolute atomic E-state index is 0. The number of nitrogens with one attached hydrogen (secondary N) is 1. The Labute approximate surface area is 202 Å². The van der Waals surface area contributed by atoms with Gasteiger partial charge in [0.05, 0.1) is 32.0 Å². The predicted octanol–water partition coefficient (Wildman–Crippen LogP) is 4.89. The molecule has 7 nitrogen and oxygen atoms in total. The van der Waals surface area contributed by atoms with Crippen molar-refractivity contribution in [3.05, 3.63) is 30.5 Å². The van der Waals surface area contributed by atoms with E-state index < -0.39 is 0 Å². The van der Waals surface area contributed by atoms with Gasteiger partial charge in [-0.25, -0.2) is 4.98 Å². The van der Waals surface area contributed by atoms with Crippen molar-refractivity contribution in [2.24, 2.45) is 5.92 Å². The molecule has 0 radical (unpaired) electrons. The zero-order valence-electron chi connectivity index (χ0n) is 19.2. The van der Waals surface area contributed by atoms with Crippen LogP contribution in [-0.2, 0) is 9.47 Å². The van der Waals surface area contributed by atoms with E-state index in [4.69, 9.17) is 23.9 Å². The number of aromatic nitrogens is 2. The maximum atomic E-state index is 6.28. The standard InChI is InChI=1S/C25H33N3O4.ClH/c1-17-2-6-19(7-3-17)27-25-26-14-23(24(28-25)32-22-11-13-30-16-22)18-4-8-20(9-5-18)31-21-10-12-29-15-21;/h4-5,8-9,14,17,19,21-22H,2-3,6-7,10-13,15-16H2,1H3,(H,26,27,28);1H/t17?,19?,21-,22-;/m1./s1. The zero-order valence-corrected chi connectivity index (χ0v) is 20.0. The van der Waals surface area contributed by atoms with Crippen LogP contribution in [0.15, 0.2) is 30.5 Å². The molecular weight excluding hydrogens is 442 g/mol. The number of ether oxygens (including phenoxy) is 4. The molecule has 1 N–H and O–H groups in total. The van der Waals surface area contributed by atoms with Gasteiger partial charge in [-0.3, -0.25) is 0 Å². The zero-order chi connectivity index (χ0) is 21.8. The van der Waals surface area contributed by atoms with E-state index in [9.17, 15) is 0 Å². The Hall–Kier alpha value is -2.09. The summed E-state index contributed by atoms with van der Waals surface area (Å²) in [4.78, 5) is 9.41. The molecule has 2 aromatic rings. The lowest BCUT2D eigenvalue weighted by Gasteiger charge is -2.27. The number of hydrogen-bond acceptors (Lipinski definition) is 7. The van der Waals surface area contributed by atoms with E-state index in [0.29, 0.717) is 31.1 Å². The van der Waals surface area contributed by atoms with Crippen LogP contribution < -0.4 is 14.8 Å². The number of rotatable bonds is 7. The first-order valence-electron chi connectivity index (χ1n) is 12.0. The van der Waals surface area contributed by atoms with Crippen molar-refractivity contribution in [3.63, 3.8) is 0 Å². The maximum Gasteiger partial charge on any atom is 0.226 e. The van der Waals surface area contributed by atoms with Gasteiger partial charge in [0.15, 0.2) is 0 Å². The molecule has 1 aromatic heterocycles. The van der Waals surface area contributed by atoms with Gasteiger partial charge < -0.3 is 24.3 Å².